The molecule has 0 radical (unpaired) electrons. The molecule has 1 aromatic rings. The lowest BCUT2D eigenvalue weighted by Crippen LogP contribution is -2.31. The number of hydrogen-bond donors (Lipinski definition) is 1. The van der Waals surface area contributed by atoms with Crippen molar-refractivity contribution < 1.29 is 0 Å². The van der Waals surface area contributed by atoms with Crippen LogP contribution in [0.15, 0.2) is 6.33 Å². The summed E-state index contributed by atoms with van der Waals surface area (Å²) in [6.07, 6.45) is 1.76. The highest BCUT2D eigenvalue weighted by Crippen LogP contribution is 2.20. The van der Waals surface area contributed by atoms with Crippen LogP contribution in [0, 0.1) is 0 Å². The van der Waals surface area contributed by atoms with Gasteiger partial charge in [-0.25, -0.2) is 0 Å². The van der Waals surface area contributed by atoms with Crippen molar-refractivity contribution in [2.24, 2.45) is 0 Å². The second-order valence-corrected chi connectivity index (χ2v) is 5.57. The number of anilines is 1. The fourth-order valence-corrected chi connectivity index (χ4v) is 1.15. The summed E-state index contributed by atoms with van der Waals surface area (Å²) in [7, 11) is 0. The smallest absolute Gasteiger partial charge is 0.225 e. The molecule has 1 rings (SSSR count). The van der Waals surface area contributed by atoms with Gasteiger partial charge in [0.05, 0.1) is 0 Å². The van der Waals surface area contributed by atoms with E-state index in [1.807, 2.05) is 4.57 Å². The number of nitrogens with zero attached hydrogens (tertiary/aromatic N) is 3. The topological polar surface area (TPSA) is 42.7 Å². The molecule has 0 fully saturated rings. The summed E-state index contributed by atoms with van der Waals surface area (Å²) in [6, 6.07) is 0. The van der Waals surface area contributed by atoms with Gasteiger partial charge in [0.15, 0.2) is 0 Å². The molecule has 0 bridgehead atoms. The molecule has 14 heavy (non-hydrogen) atoms. The molecule has 0 amide bonds. The highest BCUT2D eigenvalue weighted by molar-refractivity contribution is 5.28. The lowest BCUT2D eigenvalue weighted by molar-refractivity contribution is 0.396. The van der Waals surface area contributed by atoms with Crippen LogP contribution in [0.1, 0.15) is 41.5 Å². The van der Waals surface area contributed by atoms with Gasteiger partial charge in [0.1, 0.15) is 6.33 Å². The van der Waals surface area contributed by atoms with Gasteiger partial charge in [0.2, 0.25) is 5.95 Å². The maximum atomic E-state index is 4.07. The molecule has 1 aromatic heterocycles. The van der Waals surface area contributed by atoms with E-state index >= 15 is 0 Å². The maximum Gasteiger partial charge on any atom is 0.225 e. The van der Waals surface area contributed by atoms with Gasteiger partial charge in [0.25, 0.3) is 0 Å². The van der Waals surface area contributed by atoms with Crippen LogP contribution in [0.3, 0.4) is 0 Å². The molecule has 80 valence electrons. The summed E-state index contributed by atoms with van der Waals surface area (Å²) in [4.78, 5) is 0. The highest BCUT2D eigenvalue weighted by Gasteiger charge is 2.20. The van der Waals surface area contributed by atoms with E-state index < -0.39 is 0 Å². The molecule has 0 saturated carbocycles. The number of nitrogens with one attached hydrogen (secondary N) is 1. The van der Waals surface area contributed by atoms with Gasteiger partial charge >= 0.3 is 0 Å². The zero-order valence-corrected chi connectivity index (χ0v) is 9.92. The Morgan fingerprint density at radius 1 is 1.14 bits per heavy atom. The van der Waals surface area contributed by atoms with Crippen molar-refractivity contribution in [3.05, 3.63) is 6.33 Å². The van der Waals surface area contributed by atoms with Crippen molar-refractivity contribution in [3.8, 4) is 0 Å². The van der Waals surface area contributed by atoms with Crippen molar-refractivity contribution in [3.63, 3.8) is 0 Å². The zero-order chi connectivity index (χ0) is 11.0. The standard InChI is InChI=1S/C10H20N4/c1-9(2,3)12-8-13-11-7-14(8)10(4,5)6/h7H,1-6H3,(H,12,13). The molecule has 1 heterocycles. The van der Waals surface area contributed by atoms with Crippen molar-refractivity contribution in [2.45, 2.75) is 52.6 Å². The van der Waals surface area contributed by atoms with Crippen molar-refractivity contribution in [1.82, 2.24) is 14.8 Å². The highest BCUT2D eigenvalue weighted by atomic mass is 15.4. The number of aromatic nitrogens is 3. The third-order valence-corrected chi connectivity index (χ3v) is 1.76. The molecule has 0 unspecified atom stereocenters. The summed E-state index contributed by atoms with van der Waals surface area (Å²) < 4.78 is 2.04. The minimum Gasteiger partial charge on any atom is -0.350 e. The summed E-state index contributed by atoms with van der Waals surface area (Å²) in [6.45, 7) is 12.7. The molecular weight excluding hydrogens is 176 g/mol. The Bertz CT molecular complexity index is 301. The van der Waals surface area contributed by atoms with Crippen molar-refractivity contribution >= 4 is 5.95 Å². The fraction of sp³-hybridized carbons (Fsp3) is 0.800. The van der Waals surface area contributed by atoms with E-state index in [-0.39, 0.29) is 11.1 Å². The van der Waals surface area contributed by atoms with E-state index in [2.05, 4.69) is 57.1 Å². The van der Waals surface area contributed by atoms with E-state index in [1.54, 1.807) is 6.33 Å². The first kappa shape index (κ1) is 11.0. The van der Waals surface area contributed by atoms with Crippen LogP contribution in [0.4, 0.5) is 5.95 Å². The van der Waals surface area contributed by atoms with Gasteiger partial charge in [-0.2, -0.15) is 0 Å². The third-order valence-electron chi connectivity index (χ3n) is 1.76. The summed E-state index contributed by atoms with van der Waals surface area (Å²) in [5.41, 5.74) is 0.0209. The van der Waals surface area contributed by atoms with E-state index in [9.17, 15) is 0 Å². The van der Waals surface area contributed by atoms with Gasteiger partial charge < -0.3 is 5.32 Å². The Kier molecular flexibility index (Phi) is 2.56. The second-order valence-electron chi connectivity index (χ2n) is 5.57. The largest absolute Gasteiger partial charge is 0.350 e. The van der Waals surface area contributed by atoms with Gasteiger partial charge in [0, 0.05) is 11.1 Å². The van der Waals surface area contributed by atoms with Crippen LogP contribution in [-0.4, -0.2) is 20.3 Å². The van der Waals surface area contributed by atoms with Crippen molar-refractivity contribution in [1.29, 1.82) is 0 Å². The monoisotopic (exact) mass is 196 g/mol. The molecule has 4 nitrogen and oxygen atoms in total. The van der Waals surface area contributed by atoms with Crippen LogP contribution in [0.2, 0.25) is 0 Å². The zero-order valence-electron chi connectivity index (χ0n) is 9.92. The third kappa shape index (κ3) is 2.72. The van der Waals surface area contributed by atoms with Crippen LogP contribution in [0.25, 0.3) is 0 Å². The van der Waals surface area contributed by atoms with E-state index in [0.29, 0.717) is 0 Å². The molecule has 0 saturated heterocycles. The van der Waals surface area contributed by atoms with Gasteiger partial charge in [-0.3, -0.25) is 4.57 Å². The Hall–Kier alpha value is -1.06. The molecule has 1 N–H and O–H groups in total. The summed E-state index contributed by atoms with van der Waals surface area (Å²) in [5, 5.41) is 11.3. The molecule has 4 heteroatoms. The Morgan fingerprint density at radius 3 is 2.14 bits per heavy atom. The Labute approximate surface area is 85.7 Å². The molecule has 0 aliphatic heterocycles. The van der Waals surface area contributed by atoms with Crippen LogP contribution >= 0.6 is 0 Å². The second kappa shape index (κ2) is 3.26. The van der Waals surface area contributed by atoms with E-state index in [0.717, 1.165) is 5.95 Å². The Balaban J connectivity index is 2.95. The minimum absolute atomic E-state index is 0.00995. The predicted octanol–water partition coefficient (Wildman–Crippen LogP) is 2.24. The average molecular weight is 196 g/mol. The quantitative estimate of drug-likeness (QED) is 0.749. The normalized spacial score (nSPS) is 13.0. The summed E-state index contributed by atoms with van der Waals surface area (Å²) >= 11 is 0. The lowest BCUT2D eigenvalue weighted by atomic mass is 10.1. The van der Waals surface area contributed by atoms with E-state index in [1.165, 1.54) is 0 Å². The Morgan fingerprint density at radius 2 is 1.71 bits per heavy atom. The molecule has 0 aromatic carbocycles. The predicted molar refractivity (Wildman–Crippen MR) is 58.4 cm³/mol. The van der Waals surface area contributed by atoms with Crippen molar-refractivity contribution in [2.75, 3.05) is 5.32 Å². The molecule has 0 aliphatic carbocycles. The first-order valence-electron chi connectivity index (χ1n) is 4.89. The number of hydrogen-bond acceptors (Lipinski definition) is 3. The fourth-order valence-electron chi connectivity index (χ4n) is 1.15. The molecule has 0 aliphatic rings. The maximum absolute atomic E-state index is 4.07. The minimum atomic E-state index is 0.00995. The SMILES string of the molecule is CC(C)(C)Nc1nncn1C(C)(C)C. The van der Waals surface area contributed by atoms with Gasteiger partial charge in [-0.1, -0.05) is 0 Å². The first-order valence-corrected chi connectivity index (χ1v) is 4.89. The molecular formula is C10H20N4. The van der Waals surface area contributed by atoms with Gasteiger partial charge in [-0.15, -0.1) is 10.2 Å². The van der Waals surface area contributed by atoms with Gasteiger partial charge in [-0.05, 0) is 41.5 Å². The molecule has 0 spiro atoms. The molecule has 0 atom stereocenters. The first-order chi connectivity index (χ1) is 6.20. The summed E-state index contributed by atoms with van der Waals surface area (Å²) in [5.74, 6) is 0.824. The average Bonchev–Trinajstić information content (AvgIpc) is 2.29. The van der Waals surface area contributed by atoms with Crippen LogP contribution in [0.5, 0.6) is 0 Å². The van der Waals surface area contributed by atoms with Crippen LogP contribution in [-0.2, 0) is 5.54 Å². The van der Waals surface area contributed by atoms with Crippen LogP contribution < -0.4 is 5.32 Å². The van der Waals surface area contributed by atoms with E-state index in [4.69, 9.17) is 0 Å². The lowest BCUT2D eigenvalue weighted by Gasteiger charge is -2.27. The number of rotatable bonds is 1.